The SMILES string of the molecule is CCC[C@@H](NC(=O)c1cc[nH]c(=O)c1)C(=O)O. The van der Waals surface area contributed by atoms with Crippen molar-refractivity contribution in [3.63, 3.8) is 0 Å². The zero-order chi connectivity index (χ0) is 12.8. The predicted molar refractivity (Wildman–Crippen MR) is 60.9 cm³/mol. The molecule has 0 saturated heterocycles. The summed E-state index contributed by atoms with van der Waals surface area (Å²) in [4.78, 5) is 35.9. The summed E-state index contributed by atoms with van der Waals surface area (Å²) in [5.41, 5.74) is -0.254. The predicted octanol–water partition coefficient (Wildman–Crippen LogP) is 0.358. The van der Waals surface area contributed by atoms with Crippen molar-refractivity contribution < 1.29 is 14.7 Å². The molecule has 6 heteroatoms. The monoisotopic (exact) mass is 238 g/mol. The molecule has 1 aromatic heterocycles. The molecular formula is C11H14N2O4. The average Bonchev–Trinajstić information content (AvgIpc) is 2.28. The Bertz CT molecular complexity index is 467. The average molecular weight is 238 g/mol. The van der Waals surface area contributed by atoms with E-state index in [1.54, 1.807) is 0 Å². The van der Waals surface area contributed by atoms with Gasteiger partial charge in [-0.15, -0.1) is 0 Å². The zero-order valence-corrected chi connectivity index (χ0v) is 9.40. The summed E-state index contributed by atoms with van der Waals surface area (Å²) in [7, 11) is 0. The fraction of sp³-hybridized carbons (Fsp3) is 0.364. The minimum absolute atomic E-state index is 0.149. The maximum atomic E-state index is 11.7. The topological polar surface area (TPSA) is 99.3 Å². The van der Waals surface area contributed by atoms with Crippen molar-refractivity contribution >= 4 is 11.9 Å². The molecule has 0 aliphatic heterocycles. The number of carbonyl (C=O) groups excluding carboxylic acids is 1. The molecule has 0 fully saturated rings. The Morgan fingerprint density at radius 1 is 1.53 bits per heavy atom. The number of hydrogen-bond acceptors (Lipinski definition) is 3. The summed E-state index contributed by atoms with van der Waals surface area (Å²) in [6.45, 7) is 1.83. The molecule has 0 radical (unpaired) electrons. The molecule has 0 aromatic carbocycles. The van der Waals surface area contributed by atoms with Crippen molar-refractivity contribution in [2.24, 2.45) is 0 Å². The maximum absolute atomic E-state index is 11.7. The van der Waals surface area contributed by atoms with Gasteiger partial charge in [0.2, 0.25) is 5.56 Å². The summed E-state index contributed by atoms with van der Waals surface area (Å²) in [5.74, 6) is -1.64. The van der Waals surface area contributed by atoms with Crippen LogP contribution in [0.4, 0.5) is 0 Å². The van der Waals surface area contributed by atoms with Crippen LogP contribution in [0.5, 0.6) is 0 Å². The van der Waals surface area contributed by atoms with Crippen LogP contribution in [0.1, 0.15) is 30.1 Å². The largest absolute Gasteiger partial charge is 0.480 e. The highest BCUT2D eigenvalue weighted by Crippen LogP contribution is 2.00. The molecule has 3 N–H and O–H groups in total. The van der Waals surface area contributed by atoms with Gasteiger partial charge in [0.25, 0.3) is 5.91 Å². The molecule has 0 spiro atoms. The summed E-state index contributed by atoms with van der Waals surface area (Å²) < 4.78 is 0. The minimum atomic E-state index is -1.08. The first-order valence-corrected chi connectivity index (χ1v) is 5.27. The first-order valence-electron chi connectivity index (χ1n) is 5.27. The minimum Gasteiger partial charge on any atom is -0.480 e. The number of aromatic nitrogens is 1. The lowest BCUT2D eigenvalue weighted by atomic mass is 10.1. The summed E-state index contributed by atoms with van der Waals surface area (Å²) in [6, 6.07) is 1.62. The Balaban J connectivity index is 2.77. The Hall–Kier alpha value is -2.11. The van der Waals surface area contributed by atoms with E-state index in [1.165, 1.54) is 12.3 Å². The van der Waals surface area contributed by atoms with E-state index in [-0.39, 0.29) is 5.56 Å². The number of nitrogens with one attached hydrogen (secondary N) is 2. The molecule has 0 saturated carbocycles. The Kier molecular flexibility index (Phi) is 4.45. The van der Waals surface area contributed by atoms with Crippen LogP contribution in [0.15, 0.2) is 23.1 Å². The zero-order valence-electron chi connectivity index (χ0n) is 9.40. The van der Waals surface area contributed by atoms with Crippen LogP contribution in [-0.4, -0.2) is 28.0 Å². The van der Waals surface area contributed by atoms with Crippen LogP contribution >= 0.6 is 0 Å². The van der Waals surface area contributed by atoms with Gasteiger partial charge in [-0.05, 0) is 12.5 Å². The van der Waals surface area contributed by atoms with E-state index >= 15 is 0 Å². The Morgan fingerprint density at radius 2 is 2.24 bits per heavy atom. The van der Waals surface area contributed by atoms with E-state index in [1.807, 2.05) is 6.92 Å². The van der Waals surface area contributed by atoms with E-state index < -0.39 is 23.5 Å². The summed E-state index contributed by atoms with van der Waals surface area (Å²) in [5, 5.41) is 11.2. The van der Waals surface area contributed by atoms with Crippen molar-refractivity contribution in [3.8, 4) is 0 Å². The lowest BCUT2D eigenvalue weighted by Gasteiger charge is -2.13. The Labute approximate surface area is 97.7 Å². The highest BCUT2D eigenvalue weighted by atomic mass is 16.4. The van der Waals surface area contributed by atoms with Gasteiger partial charge in [0.1, 0.15) is 6.04 Å². The molecule has 1 amide bonds. The first kappa shape index (κ1) is 13.0. The van der Waals surface area contributed by atoms with Gasteiger partial charge in [-0.25, -0.2) is 4.79 Å². The molecular weight excluding hydrogens is 224 g/mol. The van der Waals surface area contributed by atoms with Crippen LogP contribution in [0, 0.1) is 0 Å². The number of rotatable bonds is 5. The first-order chi connectivity index (χ1) is 8.04. The molecule has 1 atom stereocenters. The normalized spacial score (nSPS) is 11.8. The smallest absolute Gasteiger partial charge is 0.326 e. The lowest BCUT2D eigenvalue weighted by molar-refractivity contribution is -0.139. The van der Waals surface area contributed by atoms with Crippen LogP contribution in [0.25, 0.3) is 0 Å². The van der Waals surface area contributed by atoms with E-state index in [2.05, 4.69) is 10.3 Å². The molecule has 0 aliphatic rings. The van der Waals surface area contributed by atoms with Gasteiger partial charge < -0.3 is 15.4 Å². The van der Waals surface area contributed by atoms with Gasteiger partial charge in [0.15, 0.2) is 0 Å². The number of carboxylic acid groups (broad SMARTS) is 1. The second-order valence-electron chi connectivity index (χ2n) is 3.59. The Morgan fingerprint density at radius 3 is 2.76 bits per heavy atom. The third kappa shape index (κ3) is 3.75. The van der Waals surface area contributed by atoms with Crippen molar-refractivity contribution in [2.45, 2.75) is 25.8 Å². The molecule has 0 unspecified atom stereocenters. The van der Waals surface area contributed by atoms with Gasteiger partial charge in [-0.2, -0.15) is 0 Å². The number of aliphatic carboxylic acids is 1. The van der Waals surface area contributed by atoms with Crippen LogP contribution in [-0.2, 0) is 4.79 Å². The quantitative estimate of drug-likeness (QED) is 0.689. The highest BCUT2D eigenvalue weighted by Gasteiger charge is 2.19. The second-order valence-corrected chi connectivity index (χ2v) is 3.59. The number of H-pyrrole nitrogens is 1. The van der Waals surface area contributed by atoms with Crippen molar-refractivity contribution in [1.82, 2.24) is 10.3 Å². The molecule has 1 heterocycles. The van der Waals surface area contributed by atoms with Crippen LogP contribution in [0.3, 0.4) is 0 Å². The van der Waals surface area contributed by atoms with Gasteiger partial charge in [-0.3, -0.25) is 9.59 Å². The number of hydrogen-bond donors (Lipinski definition) is 3. The number of aromatic amines is 1. The summed E-state index contributed by atoms with van der Waals surface area (Å²) >= 11 is 0. The summed E-state index contributed by atoms with van der Waals surface area (Å²) in [6.07, 6.45) is 2.34. The van der Waals surface area contributed by atoms with Gasteiger partial charge in [0, 0.05) is 17.8 Å². The molecule has 92 valence electrons. The fourth-order valence-electron chi connectivity index (χ4n) is 1.37. The van der Waals surface area contributed by atoms with Crippen molar-refractivity contribution in [3.05, 3.63) is 34.2 Å². The highest BCUT2D eigenvalue weighted by molar-refractivity contribution is 5.96. The van der Waals surface area contributed by atoms with E-state index in [9.17, 15) is 14.4 Å². The maximum Gasteiger partial charge on any atom is 0.326 e. The third-order valence-corrected chi connectivity index (χ3v) is 2.22. The molecule has 0 bridgehead atoms. The van der Waals surface area contributed by atoms with Crippen molar-refractivity contribution in [1.29, 1.82) is 0 Å². The van der Waals surface area contributed by atoms with E-state index in [4.69, 9.17) is 5.11 Å². The molecule has 1 aromatic rings. The third-order valence-electron chi connectivity index (χ3n) is 2.22. The van der Waals surface area contributed by atoms with Gasteiger partial charge in [-0.1, -0.05) is 13.3 Å². The van der Waals surface area contributed by atoms with Gasteiger partial charge in [0.05, 0.1) is 0 Å². The number of carboxylic acids is 1. The number of carbonyl (C=O) groups is 2. The molecule has 17 heavy (non-hydrogen) atoms. The lowest BCUT2D eigenvalue weighted by Crippen LogP contribution is -2.40. The number of pyridine rings is 1. The standard InChI is InChI=1S/C11H14N2O4/c1-2-3-8(11(16)17)13-10(15)7-4-5-12-9(14)6-7/h4-6,8H,2-3H2,1H3,(H,12,14)(H,13,15)(H,16,17)/t8-/m1/s1. The molecule has 0 aliphatic carbocycles. The van der Waals surface area contributed by atoms with Crippen molar-refractivity contribution in [2.75, 3.05) is 0 Å². The fourth-order valence-corrected chi connectivity index (χ4v) is 1.37. The molecule has 6 nitrogen and oxygen atoms in total. The van der Waals surface area contributed by atoms with Gasteiger partial charge >= 0.3 is 5.97 Å². The van der Waals surface area contributed by atoms with E-state index in [0.29, 0.717) is 12.8 Å². The van der Waals surface area contributed by atoms with E-state index in [0.717, 1.165) is 6.07 Å². The molecule has 1 rings (SSSR count). The van der Waals surface area contributed by atoms with Crippen LogP contribution in [0.2, 0.25) is 0 Å². The second kappa shape index (κ2) is 5.83. The number of amides is 1. The van der Waals surface area contributed by atoms with Crippen LogP contribution < -0.4 is 10.9 Å².